The van der Waals surface area contributed by atoms with Crippen LogP contribution in [0, 0.1) is 0 Å². The molecule has 0 saturated carbocycles. The van der Waals surface area contributed by atoms with Crippen molar-refractivity contribution in [3.05, 3.63) is 18.2 Å². The van der Waals surface area contributed by atoms with E-state index in [4.69, 9.17) is 4.74 Å². The SMILES string of the molecule is CC(C)N1CCC(c2nccn2CCC2CNCCO2)CC1.Cl.Cl. The molecule has 1 aromatic heterocycles. The van der Waals surface area contributed by atoms with Crippen LogP contribution in [0.15, 0.2) is 12.4 Å². The Balaban J connectivity index is 0.00000144. The van der Waals surface area contributed by atoms with Gasteiger partial charge in [0, 0.05) is 44.0 Å². The molecule has 2 aliphatic heterocycles. The lowest BCUT2D eigenvalue weighted by molar-refractivity contribution is 0.0208. The molecule has 2 aliphatic rings. The van der Waals surface area contributed by atoms with Gasteiger partial charge in [0.05, 0.1) is 12.7 Å². The van der Waals surface area contributed by atoms with E-state index in [1.54, 1.807) is 0 Å². The Morgan fingerprint density at radius 3 is 2.67 bits per heavy atom. The second-order valence-corrected chi connectivity index (χ2v) is 6.87. The minimum atomic E-state index is 0. The lowest BCUT2D eigenvalue weighted by atomic mass is 9.95. The predicted octanol–water partition coefficient (Wildman–Crippen LogP) is 2.69. The van der Waals surface area contributed by atoms with Gasteiger partial charge in [0.1, 0.15) is 5.82 Å². The van der Waals surface area contributed by atoms with Crippen molar-refractivity contribution in [3.63, 3.8) is 0 Å². The number of hydrogen-bond donors (Lipinski definition) is 1. The van der Waals surface area contributed by atoms with Crippen LogP contribution in [-0.2, 0) is 11.3 Å². The quantitative estimate of drug-likeness (QED) is 0.854. The van der Waals surface area contributed by atoms with Gasteiger partial charge in [-0.2, -0.15) is 0 Å². The van der Waals surface area contributed by atoms with Gasteiger partial charge in [-0.3, -0.25) is 0 Å². The van der Waals surface area contributed by atoms with Gasteiger partial charge in [-0.05, 0) is 46.2 Å². The van der Waals surface area contributed by atoms with E-state index in [2.05, 4.69) is 39.8 Å². The zero-order valence-electron chi connectivity index (χ0n) is 14.8. The van der Waals surface area contributed by atoms with Crippen LogP contribution in [0.3, 0.4) is 0 Å². The van der Waals surface area contributed by atoms with E-state index in [1.165, 1.54) is 31.8 Å². The Morgan fingerprint density at radius 2 is 2.04 bits per heavy atom. The molecule has 0 aliphatic carbocycles. The fraction of sp³-hybridized carbons (Fsp3) is 0.824. The molecule has 3 heterocycles. The van der Waals surface area contributed by atoms with E-state index in [9.17, 15) is 0 Å². The first-order valence-corrected chi connectivity index (χ1v) is 8.81. The summed E-state index contributed by atoms with van der Waals surface area (Å²) in [5.41, 5.74) is 0. The van der Waals surface area contributed by atoms with Crippen LogP contribution in [0.25, 0.3) is 0 Å². The molecule has 0 amide bonds. The summed E-state index contributed by atoms with van der Waals surface area (Å²) in [6.07, 6.45) is 7.99. The molecule has 3 rings (SSSR count). The summed E-state index contributed by atoms with van der Waals surface area (Å²) in [4.78, 5) is 7.24. The summed E-state index contributed by atoms with van der Waals surface area (Å²) in [6, 6.07) is 0.664. The minimum Gasteiger partial charge on any atom is -0.376 e. The molecule has 5 nitrogen and oxygen atoms in total. The van der Waals surface area contributed by atoms with Crippen molar-refractivity contribution >= 4 is 24.8 Å². The molecule has 140 valence electrons. The summed E-state index contributed by atoms with van der Waals surface area (Å²) in [6.45, 7) is 10.8. The van der Waals surface area contributed by atoms with Crippen molar-refractivity contribution in [2.45, 2.75) is 57.7 Å². The van der Waals surface area contributed by atoms with E-state index in [1.807, 2.05) is 6.20 Å². The number of aryl methyl sites for hydroxylation is 1. The van der Waals surface area contributed by atoms with Gasteiger partial charge in [-0.15, -0.1) is 24.8 Å². The molecule has 1 atom stereocenters. The van der Waals surface area contributed by atoms with Gasteiger partial charge in [0.25, 0.3) is 0 Å². The highest BCUT2D eigenvalue weighted by Gasteiger charge is 2.25. The van der Waals surface area contributed by atoms with Crippen LogP contribution in [-0.4, -0.2) is 59.4 Å². The van der Waals surface area contributed by atoms with Gasteiger partial charge in [-0.1, -0.05) is 0 Å². The number of hydrogen-bond acceptors (Lipinski definition) is 4. The number of nitrogens with one attached hydrogen (secondary N) is 1. The maximum atomic E-state index is 5.80. The average Bonchev–Trinajstić information content (AvgIpc) is 3.02. The Bertz CT molecular complexity index is 455. The van der Waals surface area contributed by atoms with Crippen molar-refractivity contribution < 1.29 is 4.74 Å². The molecule has 0 spiro atoms. The van der Waals surface area contributed by atoms with E-state index in [0.29, 0.717) is 18.1 Å². The predicted molar refractivity (Wildman–Crippen MR) is 103 cm³/mol. The zero-order valence-corrected chi connectivity index (χ0v) is 16.5. The minimum absolute atomic E-state index is 0. The number of piperidine rings is 1. The molecule has 2 saturated heterocycles. The van der Waals surface area contributed by atoms with Gasteiger partial charge in [0.15, 0.2) is 0 Å². The van der Waals surface area contributed by atoms with E-state index in [-0.39, 0.29) is 24.8 Å². The molecule has 2 fully saturated rings. The lowest BCUT2D eigenvalue weighted by Crippen LogP contribution is -2.39. The molecule has 0 aromatic carbocycles. The topological polar surface area (TPSA) is 42.3 Å². The van der Waals surface area contributed by atoms with Gasteiger partial charge in [0.2, 0.25) is 0 Å². The monoisotopic (exact) mass is 378 g/mol. The van der Waals surface area contributed by atoms with Crippen molar-refractivity contribution in [3.8, 4) is 0 Å². The second-order valence-electron chi connectivity index (χ2n) is 6.87. The third-order valence-corrected chi connectivity index (χ3v) is 5.07. The van der Waals surface area contributed by atoms with Crippen molar-refractivity contribution in [1.82, 2.24) is 19.8 Å². The fourth-order valence-corrected chi connectivity index (χ4v) is 3.63. The first-order valence-electron chi connectivity index (χ1n) is 8.81. The Kier molecular flexibility index (Phi) is 9.60. The van der Waals surface area contributed by atoms with Crippen LogP contribution in [0.4, 0.5) is 0 Å². The van der Waals surface area contributed by atoms with Crippen LogP contribution in [0.5, 0.6) is 0 Å². The first kappa shape index (κ1) is 21.7. The third-order valence-electron chi connectivity index (χ3n) is 5.07. The average molecular weight is 379 g/mol. The summed E-state index contributed by atoms with van der Waals surface area (Å²) >= 11 is 0. The smallest absolute Gasteiger partial charge is 0.111 e. The fourth-order valence-electron chi connectivity index (χ4n) is 3.63. The van der Waals surface area contributed by atoms with Gasteiger partial charge in [-0.25, -0.2) is 4.98 Å². The van der Waals surface area contributed by atoms with Gasteiger partial charge >= 0.3 is 0 Å². The van der Waals surface area contributed by atoms with Crippen LogP contribution in [0.2, 0.25) is 0 Å². The Hall–Kier alpha value is -0.330. The number of nitrogens with zero attached hydrogens (tertiary/aromatic N) is 3. The number of imidazole rings is 1. The molecular formula is C17H32Cl2N4O. The van der Waals surface area contributed by atoms with Crippen molar-refractivity contribution in [1.29, 1.82) is 0 Å². The van der Waals surface area contributed by atoms with Gasteiger partial charge < -0.3 is 19.5 Å². The molecule has 0 radical (unpaired) electrons. The van der Waals surface area contributed by atoms with Crippen LogP contribution < -0.4 is 5.32 Å². The highest BCUT2D eigenvalue weighted by atomic mass is 35.5. The molecule has 0 bridgehead atoms. The molecule has 1 N–H and O–H groups in total. The maximum Gasteiger partial charge on any atom is 0.111 e. The van der Waals surface area contributed by atoms with E-state index in [0.717, 1.165) is 32.7 Å². The lowest BCUT2D eigenvalue weighted by Gasteiger charge is -2.34. The summed E-state index contributed by atoms with van der Waals surface area (Å²) < 4.78 is 8.15. The Labute approximate surface area is 158 Å². The number of rotatable bonds is 5. The highest BCUT2D eigenvalue weighted by Crippen LogP contribution is 2.28. The van der Waals surface area contributed by atoms with Crippen molar-refractivity contribution in [2.75, 3.05) is 32.8 Å². The second kappa shape index (κ2) is 10.6. The number of ether oxygens (including phenoxy) is 1. The molecular weight excluding hydrogens is 347 g/mol. The summed E-state index contributed by atoms with van der Waals surface area (Å²) in [7, 11) is 0. The van der Waals surface area contributed by atoms with Crippen molar-refractivity contribution in [2.24, 2.45) is 0 Å². The van der Waals surface area contributed by atoms with E-state index >= 15 is 0 Å². The van der Waals surface area contributed by atoms with Crippen LogP contribution >= 0.6 is 24.8 Å². The normalized spacial score (nSPS) is 22.9. The Morgan fingerprint density at radius 1 is 1.29 bits per heavy atom. The molecule has 1 unspecified atom stereocenters. The summed E-state index contributed by atoms with van der Waals surface area (Å²) in [5, 5.41) is 3.40. The number of aromatic nitrogens is 2. The molecule has 1 aromatic rings. The summed E-state index contributed by atoms with van der Waals surface area (Å²) in [5.74, 6) is 1.91. The first-order chi connectivity index (χ1) is 10.7. The van der Waals surface area contributed by atoms with Crippen LogP contribution in [0.1, 0.15) is 44.9 Å². The number of morpholine rings is 1. The molecule has 7 heteroatoms. The van der Waals surface area contributed by atoms with E-state index < -0.39 is 0 Å². The zero-order chi connectivity index (χ0) is 15.4. The molecule has 24 heavy (non-hydrogen) atoms. The standard InChI is InChI=1S/C17H30N4O.2ClH/c1-14(2)20-8-3-15(4-9-20)17-19-6-11-21(17)10-5-16-13-18-7-12-22-16;;/h6,11,14-16,18H,3-5,7-10,12-13H2,1-2H3;2*1H. The maximum absolute atomic E-state index is 5.80. The number of likely N-dealkylation sites (tertiary alicyclic amines) is 1. The largest absolute Gasteiger partial charge is 0.376 e. The number of halogens is 2. The third kappa shape index (κ3) is 5.60. The highest BCUT2D eigenvalue weighted by molar-refractivity contribution is 5.85.